The molecule has 0 bridgehead atoms. The van der Waals surface area contributed by atoms with Crippen molar-refractivity contribution >= 4 is 17.4 Å². The third kappa shape index (κ3) is 3.31. The van der Waals surface area contributed by atoms with Gasteiger partial charge < -0.3 is 10.2 Å². The van der Waals surface area contributed by atoms with Crippen LogP contribution in [0.2, 0.25) is 0 Å². The molecule has 7 nitrogen and oxygen atoms in total. The molecule has 1 N–H and O–H groups in total. The summed E-state index contributed by atoms with van der Waals surface area (Å²) in [6.07, 6.45) is 7.51. The van der Waals surface area contributed by atoms with Crippen molar-refractivity contribution in [1.29, 1.82) is 0 Å². The number of amides is 1. The summed E-state index contributed by atoms with van der Waals surface area (Å²) in [5.41, 5.74) is 3.13. The summed E-state index contributed by atoms with van der Waals surface area (Å²) in [5.74, 6) is 0.821. The highest BCUT2D eigenvalue weighted by Gasteiger charge is 2.14. The van der Waals surface area contributed by atoms with E-state index in [9.17, 15) is 4.79 Å². The maximum absolute atomic E-state index is 12.4. The van der Waals surface area contributed by atoms with E-state index in [4.69, 9.17) is 0 Å². The zero-order valence-corrected chi connectivity index (χ0v) is 14.1. The molecule has 7 heteroatoms. The summed E-state index contributed by atoms with van der Waals surface area (Å²) < 4.78 is 1.63. The summed E-state index contributed by atoms with van der Waals surface area (Å²) in [6, 6.07) is 5.85. The summed E-state index contributed by atoms with van der Waals surface area (Å²) in [4.78, 5) is 23.4. The normalized spacial score (nSPS) is 14.2. The van der Waals surface area contributed by atoms with Gasteiger partial charge in [0.25, 0.3) is 5.91 Å². The molecule has 1 saturated heterocycles. The number of aromatic nitrogens is 4. The number of rotatable bonds is 4. The number of carbonyl (C=O) groups excluding carboxylic acids is 1. The Balaban J connectivity index is 1.44. The van der Waals surface area contributed by atoms with Crippen LogP contribution in [0, 0.1) is 6.92 Å². The highest BCUT2D eigenvalue weighted by atomic mass is 16.1. The number of carbonyl (C=O) groups is 1. The van der Waals surface area contributed by atoms with Crippen molar-refractivity contribution in [1.82, 2.24) is 24.9 Å². The van der Waals surface area contributed by atoms with Crippen molar-refractivity contribution in [3.8, 4) is 0 Å². The molecule has 0 aromatic carbocycles. The average molecular weight is 336 g/mol. The lowest BCUT2D eigenvalue weighted by molar-refractivity contribution is 0.0950. The maximum Gasteiger partial charge on any atom is 0.254 e. The minimum Gasteiger partial charge on any atom is -0.357 e. The fraction of sp³-hybridized carbons (Fsp3) is 0.333. The minimum atomic E-state index is -0.165. The van der Waals surface area contributed by atoms with Gasteiger partial charge in [-0.25, -0.2) is 14.5 Å². The Morgan fingerprint density at radius 1 is 1.24 bits per heavy atom. The molecular weight excluding hydrogens is 316 g/mol. The van der Waals surface area contributed by atoms with Gasteiger partial charge in [-0.2, -0.15) is 5.10 Å². The smallest absolute Gasteiger partial charge is 0.254 e. The summed E-state index contributed by atoms with van der Waals surface area (Å²) in [6.45, 7) is 4.46. The Kier molecular flexibility index (Phi) is 4.05. The maximum atomic E-state index is 12.4. The Labute approximate surface area is 145 Å². The van der Waals surface area contributed by atoms with E-state index in [-0.39, 0.29) is 5.91 Å². The average Bonchev–Trinajstić information content (AvgIpc) is 3.27. The Morgan fingerprint density at radius 3 is 2.92 bits per heavy atom. The first kappa shape index (κ1) is 15.6. The Bertz CT molecular complexity index is 913. The summed E-state index contributed by atoms with van der Waals surface area (Å²) >= 11 is 0. The first-order valence-electron chi connectivity index (χ1n) is 8.49. The third-order valence-electron chi connectivity index (χ3n) is 4.39. The lowest BCUT2D eigenvalue weighted by Crippen LogP contribution is -2.24. The third-order valence-corrected chi connectivity index (χ3v) is 4.39. The molecule has 1 aliphatic heterocycles. The second-order valence-electron chi connectivity index (χ2n) is 6.33. The lowest BCUT2D eigenvalue weighted by Gasteiger charge is -2.17. The largest absolute Gasteiger partial charge is 0.357 e. The topological polar surface area (TPSA) is 75.4 Å². The van der Waals surface area contributed by atoms with Gasteiger partial charge >= 0.3 is 0 Å². The molecule has 128 valence electrons. The van der Waals surface area contributed by atoms with Crippen molar-refractivity contribution in [3.05, 3.63) is 53.6 Å². The van der Waals surface area contributed by atoms with Crippen LogP contribution in [-0.4, -0.2) is 38.6 Å². The number of hydrogen-bond acceptors (Lipinski definition) is 5. The second-order valence-corrected chi connectivity index (χ2v) is 6.33. The summed E-state index contributed by atoms with van der Waals surface area (Å²) in [7, 11) is 0. The van der Waals surface area contributed by atoms with Gasteiger partial charge in [-0.05, 0) is 37.5 Å². The lowest BCUT2D eigenvalue weighted by atomic mass is 10.2. The molecule has 0 saturated carbocycles. The quantitative estimate of drug-likeness (QED) is 0.788. The van der Waals surface area contributed by atoms with Crippen molar-refractivity contribution < 1.29 is 4.79 Å². The van der Waals surface area contributed by atoms with Gasteiger partial charge in [0, 0.05) is 44.3 Å². The number of pyridine rings is 1. The molecule has 25 heavy (non-hydrogen) atoms. The molecule has 1 aliphatic rings. The van der Waals surface area contributed by atoms with Crippen molar-refractivity contribution in [2.75, 3.05) is 18.0 Å². The SMILES string of the molecule is Cc1cc2ncc(C(=O)NCc3ccnc(N4CCCC4)c3)cn2n1. The Hall–Kier alpha value is -2.96. The molecule has 3 aromatic rings. The number of anilines is 1. The zero-order valence-electron chi connectivity index (χ0n) is 14.1. The van der Waals surface area contributed by atoms with Crippen LogP contribution >= 0.6 is 0 Å². The van der Waals surface area contributed by atoms with Gasteiger partial charge in [-0.15, -0.1) is 0 Å². The van der Waals surface area contributed by atoms with Crippen molar-refractivity contribution in [3.63, 3.8) is 0 Å². The van der Waals surface area contributed by atoms with Crippen molar-refractivity contribution in [2.24, 2.45) is 0 Å². The molecule has 0 radical (unpaired) electrons. The minimum absolute atomic E-state index is 0.165. The molecular formula is C18H20N6O. The Morgan fingerprint density at radius 2 is 2.08 bits per heavy atom. The number of nitrogens with zero attached hydrogens (tertiary/aromatic N) is 5. The van der Waals surface area contributed by atoms with Crippen LogP contribution in [0.15, 0.2) is 36.8 Å². The van der Waals surface area contributed by atoms with Crippen LogP contribution < -0.4 is 10.2 Å². The predicted molar refractivity (Wildman–Crippen MR) is 94.6 cm³/mol. The van der Waals surface area contributed by atoms with E-state index in [0.29, 0.717) is 12.1 Å². The van der Waals surface area contributed by atoms with E-state index in [1.807, 2.05) is 25.1 Å². The standard InChI is InChI=1S/C18H20N6O/c1-13-8-17-20-11-15(12-24(17)22-13)18(25)21-10-14-4-5-19-16(9-14)23-6-2-3-7-23/h4-5,8-9,11-12H,2-3,6-7,10H2,1H3,(H,21,25). The molecule has 0 spiro atoms. The second kappa shape index (κ2) is 6.51. The van der Waals surface area contributed by atoms with Crippen LogP contribution in [0.25, 0.3) is 5.65 Å². The first-order chi connectivity index (χ1) is 12.2. The summed E-state index contributed by atoms with van der Waals surface area (Å²) in [5, 5.41) is 7.23. The van der Waals surface area contributed by atoms with Crippen LogP contribution in [0.3, 0.4) is 0 Å². The van der Waals surface area contributed by atoms with E-state index in [2.05, 4.69) is 25.3 Å². The zero-order chi connectivity index (χ0) is 17.2. The molecule has 1 amide bonds. The number of fused-ring (bicyclic) bond motifs is 1. The van der Waals surface area contributed by atoms with Crippen LogP contribution in [0.5, 0.6) is 0 Å². The molecule has 1 fully saturated rings. The highest BCUT2D eigenvalue weighted by Crippen LogP contribution is 2.18. The number of hydrogen-bond donors (Lipinski definition) is 1. The van der Waals surface area contributed by atoms with Gasteiger partial charge in [-0.1, -0.05) is 0 Å². The monoisotopic (exact) mass is 336 g/mol. The van der Waals surface area contributed by atoms with Crippen molar-refractivity contribution in [2.45, 2.75) is 26.3 Å². The predicted octanol–water partition coefficient (Wildman–Crippen LogP) is 1.96. The highest BCUT2D eigenvalue weighted by molar-refractivity contribution is 5.93. The van der Waals surface area contributed by atoms with Gasteiger partial charge in [0.15, 0.2) is 5.65 Å². The van der Waals surface area contributed by atoms with Gasteiger partial charge in [0.2, 0.25) is 0 Å². The number of nitrogens with one attached hydrogen (secondary N) is 1. The van der Waals surface area contributed by atoms with Crippen LogP contribution in [0.4, 0.5) is 5.82 Å². The van der Waals surface area contributed by atoms with E-state index < -0.39 is 0 Å². The van der Waals surface area contributed by atoms with E-state index in [1.54, 1.807) is 23.1 Å². The molecule has 3 aromatic heterocycles. The number of aryl methyl sites for hydroxylation is 1. The molecule has 0 atom stereocenters. The van der Waals surface area contributed by atoms with Gasteiger partial charge in [-0.3, -0.25) is 4.79 Å². The van der Waals surface area contributed by atoms with E-state index >= 15 is 0 Å². The molecule has 4 heterocycles. The van der Waals surface area contributed by atoms with E-state index in [0.717, 1.165) is 35.8 Å². The molecule has 4 rings (SSSR count). The van der Waals surface area contributed by atoms with E-state index in [1.165, 1.54) is 12.8 Å². The van der Waals surface area contributed by atoms with Crippen LogP contribution in [0.1, 0.15) is 34.5 Å². The van der Waals surface area contributed by atoms with Gasteiger partial charge in [0.05, 0.1) is 11.3 Å². The molecule has 0 aliphatic carbocycles. The molecule has 0 unspecified atom stereocenters. The van der Waals surface area contributed by atoms with Gasteiger partial charge in [0.1, 0.15) is 5.82 Å². The van der Waals surface area contributed by atoms with Crippen LogP contribution in [-0.2, 0) is 6.54 Å². The first-order valence-corrected chi connectivity index (χ1v) is 8.49. The fourth-order valence-corrected chi connectivity index (χ4v) is 3.09. The fourth-order valence-electron chi connectivity index (χ4n) is 3.09.